The van der Waals surface area contributed by atoms with Crippen molar-refractivity contribution in [1.82, 2.24) is 10.2 Å². The van der Waals surface area contributed by atoms with E-state index in [4.69, 9.17) is 4.42 Å². The number of aryl methyl sites for hydroxylation is 2. The standard InChI is InChI=1S/C12H18F2N2O.2ClH/c1-8-7-10(17-9(8)2)11(12(13)14)16-5-3-15-4-6-16;;/h7,11-12,15H,3-6H2,1-2H3;2*1H/t11-;;/m0../s1. The molecular weight excluding hydrogens is 297 g/mol. The molecule has 1 aliphatic heterocycles. The van der Waals surface area contributed by atoms with Crippen LogP contribution in [-0.2, 0) is 0 Å². The van der Waals surface area contributed by atoms with E-state index in [1.807, 2.05) is 6.92 Å². The molecule has 0 spiro atoms. The maximum absolute atomic E-state index is 13.2. The van der Waals surface area contributed by atoms with Gasteiger partial charge in [-0.25, -0.2) is 8.78 Å². The van der Waals surface area contributed by atoms with E-state index in [2.05, 4.69) is 5.32 Å². The first-order valence-electron chi connectivity index (χ1n) is 5.89. The number of nitrogens with zero attached hydrogens (tertiary/aromatic N) is 1. The molecular formula is C12H20Cl2F2N2O. The van der Waals surface area contributed by atoms with Gasteiger partial charge in [0.2, 0.25) is 0 Å². The molecule has 2 heterocycles. The maximum Gasteiger partial charge on any atom is 0.261 e. The molecule has 0 bridgehead atoms. The molecule has 1 fully saturated rings. The van der Waals surface area contributed by atoms with Crippen LogP contribution >= 0.6 is 24.8 Å². The van der Waals surface area contributed by atoms with Crippen molar-refractivity contribution in [2.24, 2.45) is 0 Å². The highest BCUT2D eigenvalue weighted by Crippen LogP contribution is 2.30. The first-order valence-corrected chi connectivity index (χ1v) is 5.89. The molecule has 1 atom stereocenters. The fourth-order valence-corrected chi connectivity index (χ4v) is 2.17. The number of nitrogens with one attached hydrogen (secondary N) is 1. The van der Waals surface area contributed by atoms with Crippen LogP contribution in [0.15, 0.2) is 10.5 Å². The summed E-state index contributed by atoms with van der Waals surface area (Å²) >= 11 is 0. The van der Waals surface area contributed by atoms with Crippen molar-refractivity contribution in [3.8, 4) is 0 Å². The Bertz CT molecular complexity index is 362. The molecule has 7 heteroatoms. The number of alkyl halides is 2. The van der Waals surface area contributed by atoms with E-state index < -0.39 is 12.5 Å². The molecule has 1 aliphatic rings. The minimum absolute atomic E-state index is 0. The van der Waals surface area contributed by atoms with Gasteiger partial charge in [-0.2, -0.15) is 0 Å². The average Bonchev–Trinajstić information content (AvgIpc) is 2.60. The molecule has 0 radical (unpaired) electrons. The zero-order valence-electron chi connectivity index (χ0n) is 11.0. The fourth-order valence-electron chi connectivity index (χ4n) is 2.17. The van der Waals surface area contributed by atoms with Gasteiger partial charge in [0, 0.05) is 26.2 Å². The van der Waals surface area contributed by atoms with Gasteiger partial charge in [0.1, 0.15) is 17.6 Å². The van der Waals surface area contributed by atoms with Crippen molar-refractivity contribution in [3.63, 3.8) is 0 Å². The molecule has 0 aliphatic carbocycles. The predicted molar refractivity (Wildman–Crippen MR) is 75.9 cm³/mol. The largest absolute Gasteiger partial charge is 0.464 e. The smallest absolute Gasteiger partial charge is 0.261 e. The summed E-state index contributed by atoms with van der Waals surface area (Å²) in [5.74, 6) is 1.11. The first kappa shape index (κ1) is 18.6. The van der Waals surface area contributed by atoms with Gasteiger partial charge in [-0.3, -0.25) is 4.90 Å². The lowest BCUT2D eigenvalue weighted by Crippen LogP contribution is -2.46. The van der Waals surface area contributed by atoms with Gasteiger partial charge < -0.3 is 9.73 Å². The number of hydrogen-bond donors (Lipinski definition) is 1. The van der Waals surface area contributed by atoms with E-state index >= 15 is 0 Å². The van der Waals surface area contributed by atoms with E-state index in [0.29, 0.717) is 18.8 Å². The molecule has 0 saturated carbocycles. The molecule has 1 N–H and O–H groups in total. The average molecular weight is 317 g/mol. The van der Waals surface area contributed by atoms with Gasteiger partial charge in [0.05, 0.1) is 0 Å². The molecule has 19 heavy (non-hydrogen) atoms. The van der Waals surface area contributed by atoms with E-state index in [-0.39, 0.29) is 24.8 Å². The topological polar surface area (TPSA) is 28.4 Å². The Kier molecular flexibility index (Phi) is 7.89. The Morgan fingerprint density at radius 3 is 2.21 bits per heavy atom. The Morgan fingerprint density at radius 1 is 1.21 bits per heavy atom. The minimum Gasteiger partial charge on any atom is -0.464 e. The van der Waals surface area contributed by atoms with Crippen molar-refractivity contribution in [2.45, 2.75) is 26.3 Å². The lowest BCUT2D eigenvalue weighted by Gasteiger charge is -2.33. The zero-order chi connectivity index (χ0) is 12.4. The Balaban J connectivity index is 0.00000162. The normalized spacial score (nSPS) is 17.7. The zero-order valence-corrected chi connectivity index (χ0v) is 12.6. The van der Waals surface area contributed by atoms with Crippen LogP contribution in [0, 0.1) is 13.8 Å². The molecule has 0 amide bonds. The quantitative estimate of drug-likeness (QED) is 0.929. The second kappa shape index (κ2) is 8.04. The second-order valence-corrected chi connectivity index (χ2v) is 4.45. The van der Waals surface area contributed by atoms with Crippen LogP contribution in [0.25, 0.3) is 0 Å². The van der Waals surface area contributed by atoms with Crippen molar-refractivity contribution in [1.29, 1.82) is 0 Å². The van der Waals surface area contributed by atoms with Crippen LogP contribution < -0.4 is 5.32 Å². The van der Waals surface area contributed by atoms with Crippen molar-refractivity contribution < 1.29 is 13.2 Å². The maximum atomic E-state index is 13.2. The number of rotatable bonds is 3. The van der Waals surface area contributed by atoms with Crippen LogP contribution in [-0.4, -0.2) is 37.5 Å². The van der Waals surface area contributed by atoms with Crippen molar-refractivity contribution >= 4 is 24.8 Å². The monoisotopic (exact) mass is 316 g/mol. The van der Waals surface area contributed by atoms with Crippen molar-refractivity contribution in [2.75, 3.05) is 26.2 Å². The third kappa shape index (κ3) is 4.31. The number of furan rings is 1. The summed E-state index contributed by atoms with van der Waals surface area (Å²) in [6.07, 6.45) is -2.42. The van der Waals surface area contributed by atoms with Crippen LogP contribution in [0.3, 0.4) is 0 Å². The van der Waals surface area contributed by atoms with E-state index in [1.165, 1.54) is 0 Å². The highest BCUT2D eigenvalue weighted by molar-refractivity contribution is 5.85. The molecule has 3 nitrogen and oxygen atoms in total. The molecule has 0 aromatic carbocycles. The summed E-state index contributed by atoms with van der Waals surface area (Å²) in [5.41, 5.74) is 0.931. The fraction of sp³-hybridized carbons (Fsp3) is 0.667. The van der Waals surface area contributed by atoms with Crippen LogP contribution in [0.5, 0.6) is 0 Å². The third-order valence-electron chi connectivity index (χ3n) is 3.26. The molecule has 0 unspecified atom stereocenters. The number of halogens is 4. The lowest BCUT2D eigenvalue weighted by molar-refractivity contribution is 0.00717. The van der Waals surface area contributed by atoms with Gasteiger partial charge in [0.15, 0.2) is 0 Å². The molecule has 1 aromatic heterocycles. The van der Waals surface area contributed by atoms with Gasteiger partial charge >= 0.3 is 0 Å². The summed E-state index contributed by atoms with van der Waals surface area (Å²) in [6, 6.07) is 0.818. The van der Waals surface area contributed by atoms with E-state index in [9.17, 15) is 8.78 Å². The molecule has 1 aromatic rings. The second-order valence-electron chi connectivity index (χ2n) is 4.45. The van der Waals surface area contributed by atoms with Crippen LogP contribution in [0.2, 0.25) is 0 Å². The molecule has 1 saturated heterocycles. The van der Waals surface area contributed by atoms with Gasteiger partial charge in [-0.1, -0.05) is 0 Å². The van der Waals surface area contributed by atoms with E-state index in [1.54, 1.807) is 17.9 Å². The first-order chi connectivity index (χ1) is 8.09. The van der Waals surface area contributed by atoms with Gasteiger partial charge in [-0.15, -0.1) is 24.8 Å². The predicted octanol–water partition coefficient (Wildman–Crippen LogP) is 2.95. The minimum atomic E-state index is -2.42. The van der Waals surface area contributed by atoms with Gasteiger partial charge in [-0.05, 0) is 25.5 Å². The van der Waals surface area contributed by atoms with Crippen LogP contribution in [0.1, 0.15) is 23.1 Å². The van der Waals surface area contributed by atoms with E-state index in [0.717, 1.165) is 24.4 Å². The highest BCUT2D eigenvalue weighted by atomic mass is 35.5. The number of piperazine rings is 1. The molecule has 112 valence electrons. The summed E-state index contributed by atoms with van der Waals surface area (Å²) in [6.45, 7) is 6.45. The summed E-state index contributed by atoms with van der Waals surface area (Å²) in [5, 5.41) is 3.16. The Morgan fingerprint density at radius 2 is 1.79 bits per heavy atom. The molecule has 2 rings (SSSR count). The summed E-state index contributed by atoms with van der Waals surface area (Å²) in [7, 11) is 0. The summed E-state index contributed by atoms with van der Waals surface area (Å²) < 4.78 is 31.8. The van der Waals surface area contributed by atoms with Gasteiger partial charge in [0.25, 0.3) is 6.43 Å². The third-order valence-corrected chi connectivity index (χ3v) is 3.26. The SMILES string of the molecule is Cc1cc([C@@H](C(F)F)N2CCNCC2)oc1C.Cl.Cl. The van der Waals surface area contributed by atoms with Crippen LogP contribution in [0.4, 0.5) is 8.78 Å². The Labute approximate surface area is 124 Å². The number of hydrogen-bond acceptors (Lipinski definition) is 3. The van der Waals surface area contributed by atoms with Crippen molar-refractivity contribution in [3.05, 3.63) is 23.2 Å². The highest BCUT2D eigenvalue weighted by Gasteiger charge is 2.32. The Hall–Kier alpha value is -0.360. The summed E-state index contributed by atoms with van der Waals surface area (Å²) in [4.78, 5) is 1.79. The lowest BCUT2D eigenvalue weighted by atomic mass is 10.1.